The number of oxime groups is 1. The molecule has 0 aromatic rings. The number of carbonyl (C=O) groups is 1. The second-order valence-corrected chi connectivity index (χ2v) is 4.09. The van der Waals surface area contributed by atoms with E-state index in [0.29, 0.717) is 6.61 Å². The van der Waals surface area contributed by atoms with Gasteiger partial charge in [-0.25, -0.2) is 4.79 Å². The highest BCUT2D eigenvalue weighted by atomic mass is 16.8. The van der Waals surface area contributed by atoms with Crippen molar-refractivity contribution in [3.05, 3.63) is 0 Å². The van der Waals surface area contributed by atoms with E-state index in [2.05, 4.69) is 5.16 Å². The van der Waals surface area contributed by atoms with Gasteiger partial charge in [-0.3, -0.25) is 0 Å². The highest BCUT2D eigenvalue weighted by molar-refractivity contribution is 6.38. The van der Waals surface area contributed by atoms with Crippen molar-refractivity contribution in [3.8, 4) is 0 Å². The number of ether oxygens (including phenoxy) is 3. The molecule has 6 nitrogen and oxygen atoms in total. The molecule has 2 aliphatic heterocycles. The van der Waals surface area contributed by atoms with Crippen LogP contribution in [0.15, 0.2) is 5.16 Å². The lowest BCUT2D eigenvalue weighted by atomic mass is 10.1. The molecule has 0 unspecified atom stereocenters. The predicted octanol–water partition coefficient (Wildman–Crippen LogP) is 0.456. The smallest absolute Gasteiger partial charge is 0.358 e. The van der Waals surface area contributed by atoms with E-state index in [1.54, 1.807) is 20.8 Å². The molecule has 16 heavy (non-hydrogen) atoms. The topological polar surface area (TPSA) is 66.4 Å². The molecule has 0 radical (unpaired) electrons. The van der Waals surface area contributed by atoms with E-state index in [1.807, 2.05) is 0 Å². The van der Waals surface area contributed by atoms with Crippen LogP contribution in [0.1, 0.15) is 20.8 Å². The molecule has 1 fully saturated rings. The third-order valence-corrected chi connectivity index (χ3v) is 2.34. The monoisotopic (exact) mass is 229 g/mol. The van der Waals surface area contributed by atoms with Crippen molar-refractivity contribution in [2.24, 2.45) is 5.16 Å². The number of esters is 1. The highest BCUT2D eigenvalue weighted by Gasteiger charge is 2.48. The van der Waals surface area contributed by atoms with Gasteiger partial charge >= 0.3 is 5.97 Å². The summed E-state index contributed by atoms with van der Waals surface area (Å²) in [7, 11) is 0. The molecule has 0 amide bonds. The Morgan fingerprint density at radius 3 is 3.00 bits per heavy atom. The SMILES string of the molecule is CCOC(=O)C1=NOC[C@H]2OC(C)(C)O[C@@H]12. The van der Waals surface area contributed by atoms with Gasteiger partial charge in [-0.2, -0.15) is 0 Å². The van der Waals surface area contributed by atoms with Crippen LogP contribution in [0, 0.1) is 0 Å². The maximum absolute atomic E-state index is 11.6. The van der Waals surface area contributed by atoms with E-state index in [1.165, 1.54) is 0 Å². The molecule has 2 rings (SSSR count). The standard InChI is InChI=1S/C10H15NO5/c1-4-13-9(12)7-8-6(5-14-11-7)15-10(2,3)16-8/h6,8H,4-5H2,1-3H3/t6-,8-/m1/s1. The van der Waals surface area contributed by atoms with Crippen molar-refractivity contribution < 1.29 is 23.8 Å². The Balaban J connectivity index is 2.14. The maximum Gasteiger partial charge on any atom is 0.358 e. The van der Waals surface area contributed by atoms with E-state index in [4.69, 9.17) is 19.0 Å². The minimum Gasteiger partial charge on any atom is -0.461 e. The summed E-state index contributed by atoms with van der Waals surface area (Å²) in [5, 5.41) is 3.69. The summed E-state index contributed by atoms with van der Waals surface area (Å²) in [6, 6.07) is 0. The van der Waals surface area contributed by atoms with E-state index < -0.39 is 17.9 Å². The van der Waals surface area contributed by atoms with Crippen LogP contribution in [0.25, 0.3) is 0 Å². The molecule has 2 heterocycles. The first kappa shape index (κ1) is 11.3. The summed E-state index contributed by atoms with van der Waals surface area (Å²) < 4.78 is 16.0. The van der Waals surface area contributed by atoms with Crippen molar-refractivity contribution >= 4 is 11.7 Å². The average Bonchev–Trinajstić information content (AvgIpc) is 2.51. The molecule has 0 bridgehead atoms. The third-order valence-electron chi connectivity index (χ3n) is 2.34. The molecule has 2 aliphatic rings. The van der Waals surface area contributed by atoms with E-state index in [9.17, 15) is 4.79 Å². The lowest BCUT2D eigenvalue weighted by molar-refractivity contribution is -0.146. The Labute approximate surface area is 93.5 Å². The van der Waals surface area contributed by atoms with Crippen molar-refractivity contribution in [1.29, 1.82) is 0 Å². The summed E-state index contributed by atoms with van der Waals surface area (Å²) in [6.45, 7) is 5.88. The van der Waals surface area contributed by atoms with Crippen molar-refractivity contribution in [2.45, 2.75) is 38.8 Å². The number of carbonyl (C=O) groups excluding carboxylic acids is 1. The van der Waals surface area contributed by atoms with E-state index in [-0.39, 0.29) is 18.4 Å². The summed E-state index contributed by atoms with van der Waals surface area (Å²) in [4.78, 5) is 16.5. The van der Waals surface area contributed by atoms with Crippen LogP contribution in [0.2, 0.25) is 0 Å². The van der Waals surface area contributed by atoms with Crippen LogP contribution in [0.4, 0.5) is 0 Å². The number of hydrogen-bond donors (Lipinski definition) is 0. The molecule has 0 spiro atoms. The molecular weight excluding hydrogens is 214 g/mol. The zero-order valence-electron chi connectivity index (χ0n) is 9.56. The lowest BCUT2D eigenvalue weighted by Gasteiger charge is -2.20. The summed E-state index contributed by atoms with van der Waals surface area (Å²) in [5.41, 5.74) is 0.142. The Bertz CT molecular complexity index is 325. The van der Waals surface area contributed by atoms with Gasteiger partial charge in [0.1, 0.15) is 18.8 Å². The van der Waals surface area contributed by atoms with Crippen molar-refractivity contribution in [2.75, 3.05) is 13.2 Å². The molecule has 0 N–H and O–H groups in total. The van der Waals surface area contributed by atoms with Gasteiger partial charge in [-0.1, -0.05) is 5.16 Å². The third kappa shape index (κ3) is 2.03. The summed E-state index contributed by atoms with van der Waals surface area (Å²) in [6.07, 6.45) is -0.797. The first-order chi connectivity index (χ1) is 7.53. The van der Waals surface area contributed by atoms with Gasteiger partial charge in [-0.05, 0) is 20.8 Å². The van der Waals surface area contributed by atoms with Gasteiger partial charge in [-0.15, -0.1) is 0 Å². The zero-order chi connectivity index (χ0) is 11.8. The maximum atomic E-state index is 11.6. The van der Waals surface area contributed by atoms with Crippen molar-refractivity contribution in [1.82, 2.24) is 0 Å². The molecule has 0 aliphatic carbocycles. The largest absolute Gasteiger partial charge is 0.461 e. The Hall–Kier alpha value is -1.14. The van der Waals surface area contributed by atoms with E-state index in [0.717, 1.165) is 0 Å². The van der Waals surface area contributed by atoms with Crippen LogP contribution < -0.4 is 0 Å². The fraction of sp³-hybridized carbons (Fsp3) is 0.800. The van der Waals surface area contributed by atoms with Crippen LogP contribution in [0.3, 0.4) is 0 Å². The lowest BCUT2D eigenvalue weighted by Crippen LogP contribution is -2.42. The average molecular weight is 229 g/mol. The summed E-state index contributed by atoms with van der Waals surface area (Å²) >= 11 is 0. The number of fused-ring (bicyclic) bond motifs is 1. The Morgan fingerprint density at radius 1 is 1.56 bits per heavy atom. The fourth-order valence-electron chi connectivity index (χ4n) is 1.78. The molecule has 0 aromatic heterocycles. The van der Waals surface area contributed by atoms with Crippen molar-refractivity contribution in [3.63, 3.8) is 0 Å². The first-order valence-corrected chi connectivity index (χ1v) is 5.26. The molecule has 90 valence electrons. The zero-order valence-corrected chi connectivity index (χ0v) is 9.56. The van der Waals surface area contributed by atoms with Gasteiger partial charge in [0, 0.05) is 0 Å². The molecule has 1 saturated heterocycles. The van der Waals surface area contributed by atoms with Gasteiger partial charge in [0.25, 0.3) is 0 Å². The number of rotatable bonds is 2. The fourth-order valence-corrected chi connectivity index (χ4v) is 1.78. The number of nitrogens with zero attached hydrogens (tertiary/aromatic N) is 1. The summed E-state index contributed by atoms with van der Waals surface area (Å²) in [5.74, 6) is -1.24. The normalized spacial score (nSPS) is 31.3. The second-order valence-electron chi connectivity index (χ2n) is 4.09. The van der Waals surface area contributed by atoms with Crippen LogP contribution in [0.5, 0.6) is 0 Å². The first-order valence-electron chi connectivity index (χ1n) is 5.26. The van der Waals surface area contributed by atoms with Gasteiger partial charge in [0.15, 0.2) is 11.5 Å². The van der Waals surface area contributed by atoms with Crippen LogP contribution in [-0.2, 0) is 23.8 Å². The quantitative estimate of drug-likeness (QED) is 0.643. The Morgan fingerprint density at radius 2 is 2.31 bits per heavy atom. The minimum absolute atomic E-state index is 0.142. The molecule has 6 heteroatoms. The number of hydrogen-bond acceptors (Lipinski definition) is 6. The highest BCUT2D eigenvalue weighted by Crippen LogP contribution is 2.31. The molecule has 0 aromatic carbocycles. The molecule has 2 atom stereocenters. The molecular formula is C10H15NO5. The second kappa shape index (κ2) is 4.03. The molecule has 0 saturated carbocycles. The van der Waals surface area contributed by atoms with Crippen LogP contribution >= 0.6 is 0 Å². The minimum atomic E-state index is -0.726. The van der Waals surface area contributed by atoms with Gasteiger partial charge in [0.05, 0.1) is 6.61 Å². The van der Waals surface area contributed by atoms with Gasteiger partial charge < -0.3 is 19.0 Å². The predicted molar refractivity (Wildman–Crippen MR) is 53.8 cm³/mol. The van der Waals surface area contributed by atoms with Gasteiger partial charge in [0.2, 0.25) is 0 Å². The van der Waals surface area contributed by atoms with E-state index >= 15 is 0 Å². The Kier molecular flexibility index (Phi) is 2.86. The van der Waals surface area contributed by atoms with Crippen LogP contribution in [-0.4, -0.2) is 42.9 Å².